The van der Waals surface area contributed by atoms with E-state index in [1.807, 2.05) is 5.38 Å². The second-order valence-corrected chi connectivity index (χ2v) is 4.41. The molecular formula is C11H13Cl2N3O2S. The molecule has 2 rings (SSSR count). The van der Waals surface area contributed by atoms with E-state index in [2.05, 4.69) is 4.98 Å². The third-order valence-electron chi connectivity index (χ3n) is 2.28. The van der Waals surface area contributed by atoms with Gasteiger partial charge in [0.1, 0.15) is 0 Å². The first-order valence-electron chi connectivity index (χ1n) is 5.10. The molecule has 0 bridgehead atoms. The van der Waals surface area contributed by atoms with E-state index in [9.17, 15) is 10.1 Å². The summed E-state index contributed by atoms with van der Waals surface area (Å²) in [5.74, 6) is 0. The molecule has 5 nitrogen and oxygen atoms in total. The third kappa shape index (κ3) is 4.43. The summed E-state index contributed by atoms with van der Waals surface area (Å²) >= 11 is 1.55. The molecule has 0 radical (unpaired) electrons. The normalized spacial score (nSPS) is 9.32. The van der Waals surface area contributed by atoms with Crippen molar-refractivity contribution in [3.63, 3.8) is 0 Å². The van der Waals surface area contributed by atoms with Gasteiger partial charge in [0.15, 0.2) is 0 Å². The van der Waals surface area contributed by atoms with Crippen molar-refractivity contribution < 1.29 is 4.92 Å². The van der Waals surface area contributed by atoms with Gasteiger partial charge in [-0.25, -0.2) is 4.98 Å². The average molecular weight is 322 g/mol. The number of aromatic nitrogens is 1. The number of non-ortho nitro benzene ring substituents is 1. The van der Waals surface area contributed by atoms with Crippen molar-refractivity contribution in [1.82, 2.24) is 4.98 Å². The lowest BCUT2D eigenvalue weighted by atomic mass is 10.1. The molecule has 2 N–H and O–H groups in total. The number of nitro benzene ring substituents is 1. The second kappa shape index (κ2) is 8.06. The van der Waals surface area contributed by atoms with Crippen molar-refractivity contribution in [3.8, 4) is 11.3 Å². The number of halogens is 2. The summed E-state index contributed by atoms with van der Waals surface area (Å²) in [6.45, 7) is 0.577. The Hall–Kier alpha value is -1.21. The van der Waals surface area contributed by atoms with Gasteiger partial charge in [-0.05, 0) is 18.7 Å². The van der Waals surface area contributed by atoms with E-state index in [1.165, 1.54) is 12.1 Å². The summed E-state index contributed by atoms with van der Waals surface area (Å²) in [6.07, 6.45) is 0.762. The van der Waals surface area contributed by atoms with Crippen LogP contribution in [0.3, 0.4) is 0 Å². The van der Waals surface area contributed by atoms with Crippen LogP contribution >= 0.6 is 36.2 Å². The maximum Gasteiger partial charge on any atom is 0.269 e. The highest BCUT2D eigenvalue weighted by atomic mass is 35.5. The van der Waals surface area contributed by atoms with Crippen LogP contribution in [0.4, 0.5) is 5.69 Å². The minimum absolute atomic E-state index is 0. The first-order valence-corrected chi connectivity index (χ1v) is 5.98. The highest BCUT2D eigenvalue weighted by Gasteiger charge is 2.07. The van der Waals surface area contributed by atoms with E-state index < -0.39 is 4.92 Å². The van der Waals surface area contributed by atoms with Crippen LogP contribution in [0, 0.1) is 10.1 Å². The monoisotopic (exact) mass is 321 g/mol. The molecule has 1 aromatic carbocycles. The molecule has 19 heavy (non-hydrogen) atoms. The van der Waals surface area contributed by atoms with Gasteiger partial charge >= 0.3 is 0 Å². The molecule has 0 aliphatic rings. The fourth-order valence-corrected chi connectivity index (χ4v) is 2.26. The minimum atomic E-state index is -0.412. The molecule has 0 fully saturated rings. The van der Waals surface area contributed by atoms with Crippen LogP contribution in [0.15, 0.2) is 29.6 Å². The second-order valence-electron chi connectivity index (χ2n) is 3.47. The number of hydrogen-bond donors (Lipinski definition) is 1. The highest BCUT2D eigenvalue weighted by molar-refractivity contribution is 7.09. The number of rotatable bonds is 4. The van der Waals surface area contributed by atoms with Gasteiger partial charge in [0, 0.05) is 29.5 Å². The van der Waals surface area contributed by atoms with Crippen LogP contribution in [0.2, 0.25) is 0 Å². The molecule has 0 atom stereocenters. The summed E-state index contributed by atoms with van der Waals surface area (Å²) in [5, 5.41) is 13.4. The van der Waals surface area contributed by atoms with Gasteiger partial charge in [-0.2, -0.15) is 0 Å². The average Bonchev–Trinajstić information content (AvgIpc) is 2.78. The van der Waals surface area contributed by atoms with Gasteiger partial charge in [0.2, 0.25) is 0 Å². The SMILES string of the molecule is Cl.Cl.NCCc1nc(-c2ccc([N+](=O)[O-])cc2)cs1. The first-order chi connectivity index (χ1) is 8.20. The van der Waals surface area contributed by atoms with E-state index in [4.69, 9.17) is 5.73 Å². The molecule has 8 heteroatoms. The van der Waals surface area contributed by atoms with Crippen molar-refractivity contribution in [2.24, 2.45) is 5.73 Å². The molecule has 2 aromatic rings. The number of hydrogen-bond acceptors (Lipinski definition) is 5. The predicted molar refractivity (Wildman–Crippen MR) is 81.5 cm³/mol. The summed E-state index contributed by atoms with van der Waals surface area (Å²) < 4.78 is 0. The number of thiazole rings is 1. The van der Waals surface area contributed by atoms with Gasteiger partial charge in [-0.1, -0.05) is 0 Å². The third-order valence-corrected chi connectivity index (χ3v) is 3.19. The Morgan fingerprint density at radius 3 is 2.42 bits per heavy atom. The molecule has 0 saturated carbocycles. The standard InChI is InChI=1S/C11H11N3O2S.2ClH/c12-6-5-11-13-10(7-17-11)8-1-3-9(4-2-8)14(15)16;;/h1-4,7H,5-6,12H2;2*1H. The van der Waals surface area contributed by atoms with Crippen LogP contribution in [0.25, 0.3) is 11.3 Å². The quantitative estimate of drug-likeness (QED) is 0.693. The number of nitrogens with two attached hydrogens (primary N) is 1. The summed E-state index contributed by atoms with van der Waals surface area (Å²) in [4.78, 5) is 14.5. The van der Waals surface area contributed by atoms with E-state index in [-0.39, 0.29) is 30.5 Å². The molecule has 0 aliphatic carbocycles. The van der Waals surface area contributed by atoms with Crippen molar-refractivity contribution >= 4 is 41.8 Å². The number of nitro groups is 1. The Kier molecular flexibility index (Phi) is 7.55. The topological polar surface area (TPSA) is 82.0 Å². The molecule has 0 spiro atoms. The van der Waals surface area contributed by atoms with E-state index in [0.717, 1.165) is 22.7 Å². The Labute approximate surface area is 126 Å². The molecule has 1 heterocycles. The van der Waals surface area contributed by atoms with Crippen molar-refractivity contribution in [2.45, 2.75) is 6.42 Å². The predicted octanol–water partition coefficient (Wildman–Crippen LogP) is 3.06. The minimum Gasteiger partial charge on any atom is -0.330 e. The molecule has 0 saturated heterocycles. The van der Waals surface area contributed by atoms with Crippen LogP contribution in [-0.2, 0) is 6.42 Å². The first kappa shape index (κ1) is 17.8. The lowest BCUT2D eigenvalue weighted by molar-refractivity contribution is -0.384. The smallest absolute Gasteiger partial charge is 0.269 e. The Balaban J connectivity index is 0.00000162. The largest absolute Gasteiger partial charge is 0.330 e. The lowest BCUT2D eigenvalue weighted by Gasteiger charge is -1.96. The van der Waals surface area contributed by atoms with E-state index in [0.29, 0.717) is 6.54 Å². The Bertz CT molecular complexity index is 531. The maximum absolute atomic E-state index is 10.5. The lowest BCUT2D eigenvalue weighted by Crippen LogP contribution is -2.01. The van der Waals surface area contributed by atoms with Crippen LogP contribution in [0.1, 0.15) is 5.01 Å². The van der Waals surface area contributed by atoms with Crippen molar-refractivity contribution in [3.05, 3.63) is 44.8 Å². The summed E-state index contributed by atoms with van der Waals surface area (Å²) in [7, 11) is 0. The highest BCUT2D eigenvalue weighted by Crippen LogP contribution is 2.24. The van der Waals surface area contributed by atoms with Crippen LogP contribution in [0.5, 0.6) is 0 Å². The maximum atomic E-state index is 10.5. The Morgan fingerprint density at radius 1 is 1.26 bits per heavy atom. The number of nitrogens with zero attached hydrogens (tertiary/aromatic N) is 2. The molecule has 0 aliphatic heterocycles. The zero-order valence-electron chi connectivity index (χ0n) is 9.81. The fraction of sp³-hybridized carbons (Fsp3) is 0.182. The van der Waals surface area contributed by atoms with Crippen molar-refractivity contribution in [2.75, 3.05) is 6.54 Å². The van der Waals surface area contributed by atoms with E-state index in [1.54, 1.807) is 23.5 Å². The van der Waals surface area contributed by atoms with Crippen LogP contribution in [-0.4, -0.2) is 16.5 Å². The molecule has 104 valence electrons. The molecule has 1 aromatic heterocycles. The van der Waals surface area contributed by atoms with Gasteiger partial charge in [0.05, 0.1) is 15.6 Å². The van der Waals surface area contributed by atoms with Crippen LogP contribution < -0.4 is 5.73 Å². The van der Waals surface area contributed by atoms with Crippen molar-refractivity contribution in [1.29, 1.82) is 0 Å². The zero-order chi connectivity index (χ0) is 12.3. The molecule has 0 unspecified atom stereocenters. The Morgan fingerprint density at radius 2 is 1.89 bits per heavy atom. The fourth-order valence-electron chi connectivity index (χ4n) is 1.44. The van der Waals surface area contributed by atoms with Gasteiger partial charge in [0.25, 0.3) is 5.69 Å². The van der Waals surface area contributed by atoms with Gasteiger partial charge in [-0.15, -0.1) is 36.2 Å². The summed E-state index contributed by atoms with van der Waals surface area (Å²) in [5.41, 5.74) is 7.27. The van der Waals surface area contributed by atoms with Gasteiger partial charge in [-0.3, -0.25) is 10.1 Å². The van der Waals surface area contributed by atoms with E-state index >= 15 is 0 Å². The summed E-state index contributed by atoms with van der Waals surface area (Å²) in [6, 6.07) is 6.38. The zero-order valence-corrected chi connectivity index (χ0v) is 12.3. The molecular weight excluding hydrogens is 309 g/mol. The molecule has 0 amide bonds. The number of benzene rings is 1. The van der Waals surface area contributed by atoms with Gasteiger partial charge < -0.3 is 5.73 Å².